The van der Waals surface area contributed by atoms with Gasteiger partial charge in [0, 0.05) is 10.7 Å². The lowest BCUT2D eigenvalue weighted by atomic mass is 10.3. The Balaban J connectivity index is 1.97. The second-order valence-electron chi connectivity index (χ2n) is 3.19. The average molecular weight is 302 g/mol. The topological polar surface area (TPSA) is 75.1 Å². The summed E-state index contributed by atoms with van der Waals surface area (Å²) >= 11 is 8.23. The molecular formula is C10H8ClN3O2S2. The van der Waals surface area contributed by atoms with Crippen molar-refractivity contribution in [3.8, 4) is 0 Å². The lowest BCUT2D eigenvalue weighted by Crippen LogP contribution is -1.96. The van der Waals surface area contributed by atoms with Crippen molar-refractivity contribution < 1.29 is 9.90 Å². The normalized spacial score (nSPS) is 10.3. The van der Waals surface area contributed by atoms with E-state index in [4.69, 9.17) is 16.7 Å². The predicted octanol–water partition coefficient (Wildman–Crippen LogP) is 3.11. The van der Waals surface area contributed by atoms with Crippen molar-refractivity contribution in [1.82, 2.24) is 10.2 Å². The second kappa shape index (κ2) is 6.03. The number of aliphatic carboxylic acids is 1. The first-order chi connectivity index (χ1) is 8.63. The van der Waals surface area contributed by atoms with Crippen molar-refractivity contribution in [2.24, 2.45) is 0 Å². The number of anilines is 2. The van der Waals surface area contributed by atoms with E-state index in [9.17, 15) is 4.79 Å². The summed E-state index contributed by atoms with van der Waals surface area (Å²) in [5.41, 5.74) is 0.852. The summed E-state index contributed by atoms with van der Waals surface area (Å²) in [7, 11) is 0. The molecule has 18 heavy (non-hydrogen) atoms. The SMILES string of the molecule is O=C(O)CSc1nnc(Nc2ccc(Cl)cc2)s1. The number of rotatable bonds is 5. The number of benzene rings is 1. The van der Waals surface area contributed by atoms with Crippen LogP contribution in [0.4, 0.5) is 10.8 Å². The Morgan fingerprint density at radius 1 is 1.39 bits per heavy atom. The van der Waals surface area contributed by atoms with E-state index in [1.807, 2.05) is 12.1 Å². The van der Waals surface area contributed by atoms with Crippen LogP contribution in [-0.4, -0.2) is 27.0 Å². The van der Waals surface area contributed by atoms with E-state index >= 15 is 0 Å². The first-order valence-electron chi connectivity index (χ1n) is 4.84. The maximum atomic E-state index is 10.4. The summed E-state index contributed by atoms with van der Waals surface area (Å²) in [6.45, 7) is 0. The van der Waals surface area contributed by atoms with Gasteiger partial charge in [-0.1, -0.05) is 34.7 Å². The van der Waals surface area contributed by atoms with Crippen LogP contribution in [0.15, 0.2) is 28.6 Å². The smallest absolute Gasteiger partial charge is 0.313 e. The molecule has 0 aliphatic rings. The molecule has 94 valence electrons. The number of hydrogen-bond donors (Lipinski definition) is 2. The summed E-state index contributed by atoms with van der Waals surface area (Å²) in [5.74, 6) is -0.891. The lowest BCUT2D eigenvalue weighted by molar-refractivity contribution is -0.133. The molecule has 0 atom stereocenters. The molecule has 2 rings (SSSR count). The van der Waals surface area contributed by atoms with E-state index in [2.05, 4.69) is 15.5 Å². The number of hydrogen-bond acceptors (Lipinski definition) is 6. The number of carbonyl (C=O) groups is 1. The van der Waals surface area contributed by atoms with Gasteiger partial charge in [0.2, 0.25) is 5.13 Å². The molecule has 2 N–H and O–H groups in total. The van der Waals surface area contributed by atoms with Gasteiger partial charge in [-0.25, -0.2) is 0 Å². The van der Waals surface area contributed by atoms with Gasteiger partial charge in [-0.3, -0.25) is 4.79 Å². The number of aromatic nitrogens is 2. The Morgan fingerprint density at radius 3 is 2.78 bits per heavy atom. The molecule has 0 bridgehead atoms. The number of thioether (sulfide) groups is 1. The molecule has 0 unspecified atom stereocenters. The van der Waals surface area contributed by atoms with Crippen LogP contribution in [0.3, 0.4) is 0 Å². The minimum Gasteiger partial charge on any atom is -0.481 e. The zero-order chi connectivity index (χ0) is 13.0. The third-order valence-corrected chi connectivity index (χ3v) is 4.03. The molecule has 2 aromatic rings. The molecule has 0 radical (unpaired) electrons. The van der Waals surface area contributed by atoms with Crippen molar-refractivity contribution >= 4 is 51.5 Å². The quantitative estimate of drug-likeness (QED) is 0.827. The van der Waals surface area contributed by atoms with Gasteiger partial charge in [0.05, 0.1) is 5.75 Å². The molecule has 0 spiro atoms. The van der Waals surface area contributed by atoms with Crippen molar-refractivity contribution in [3.63, 3.8) is 0 Å². The minimum absolute atomic E-state index is 0.0183. The average Bonchev–Trinajstić information content (AvgIpc) is 2.77. The van der Waals surface area contributed by atoms with E-state index in [1.54, 1.807) is 12.1 Å². The van der Waals surface area contributed by atoms with Crippen LogP contribution in [0.1, 0.15) is 0 Å². The van der Waals surface area contributed by atoms with E-state index < -0.39 is 5.97 Å². The first-order valence-corrected chi connectivity index (χ1v) is 7.02. The van der Waals surface area contributed by atoms with Crippen LogP contribution in [0.2, 0.25) is 5.02 Å². The summed E-state index contributed by atoms with van der Waals surface area (Å²) in [6.07, 6.45) is 0. The Hall–Kier alpha value is -1.31. The molecular weight excluding hydrogens is 294 g/mol. The standard InChI is InChI=1S/C10H8ClN3O2S2/c11-6-1-3-7(4-2-6)12-9-13-14-10(18-9)17-5-8(15)16/h1-4H,5H2,(H,12,13)(H,15,16). The third kappa shape index (κ3) is 3.86. The second-order valence-corrected chi connectivity index (χ2v) is 5.82. The zero-order valence-corrected chi connectivity index (χ0v) is 11.3. The molecule has 0 aliphatic heterocycles. The Bertz CT molecular complexity index is 544. The van der Waals surface area contributed by atoms with Gasteiger partial charge < -0.3 is 10.4 Å². The summed E-state index contributed by atoms with van der Waals surface area (Å²) in [4.78, 5) is 10.4. The van der Waals surface area contributed by atoms with Gasteiger partial charge >= 0.3 is 5.97 Å². The van der Waals surface area contributed by atoms with Crippen LogP contribution in [0, 0.1) is 0 Å². The van der Waals surface area contributed by atoms with E-state index in [-0.39, 0.29) is 5.75 Å². The molecule has 8 heteroatoms. The minimum atomic E-state index is -0.873. The fourth-order valence-electron chi connectivity index (χ4n) is 1.10. The maximum Gasteiger partial charge on any atom is 0.313 e. The number of nitrogens with zero attached hydrogens (tertiary/aromatic N) is 2. The van der Waals surface area contributed by atoms with Gasteiger partial charge in [-0.15, -0.1) is 10.2 Å². The van der Waals surface area contributed by atoms with Gasteiger partial charge in [0.1, 0.15) is 0 Å². The Morgan fingerprint density at radius 2 is 2.11 bits per heavy atom. The Kier molecular flexibility index (Phi) is 4.40. The number of carboxylic acid groups (broad SMARTS) is 1. The van der Waals surface area contributed by atoms with Crippen LogP contribution in [0.25, 0.3) is 0 Å². The van der Waals surface area contributed by atoms with E-state index in [0.29, 0.717) is 14.5 Å². The van der Waals surface area contributed by atoms with Crippen LogP contribution in [0.5, 0.6) is 0 Å². The van der Waals surface area contributed by atoms with Gasteiger partial charge in [-0.05, 0) is 24.3 Å². The van der Waals surface area contributed by atoms with Crippen molar-refractivity contribution in [2.75, 3.05) is 11.1 Å². The summed E-state index contributed by atoms with van der Waals surface area (Å²) in [5, 5.41) is 20.7. The van der Waals surface area contributed by atoms with Crippen molar-refractivity contribution in [2.45, 2.75) is 4.34 Å². The lowest BCUT2D eigenvalue weighted by Gasteiger charge is -2.00. The van der Waals surface area contributed by atoms with E-state index in [0.717, 1.165) is 17.4 Å². The van der Waals surface area contributed by atoms with Gasteiger partial charge in [0.25, 0.3) is 0 Å². The number of nitrogens with one attached hydrogen (secondary N) is 1. The zero-order valence-electron chi connectivity index (χ0n) is 8.96. The Labute approximate surface area is 116 Å². The molecule has 0 aliphatic carbocycles. The highest BCUT2D eigenvalue weighted by Gasteiger charge is 2.07. The molecule has 0 fully saturated rings. The molecule has 1 aromatic carbocycles. The van der Waals surface area contributed by atoms with Gasteiger partial charge in [-0.2, -0.15) is 0 Å². The summed E-state index contributed by atoms with van der Waals surface area (Å²) < 4.78 is 0.619. The molecule has 0 saturated heterocycles. The molecule has 0 saturated carbocycles. The molecule has 0 amide bonds. The predicted molar refractivity (Wildman–Crippen MR) is 73.0 cm³/mol. The van der Waals surface area contributed by atoms with Crippen LogP contribution < -0.4 is 5.32 Å². The number of carboxylic acids is 1. The van der Waals surface area contributed by atoms with Crippen molar-refractivity contribution in [3.05, 3.63) is 29.3 Å². The highest BCUT2D eigenvalue weighted by molar-refractivity contribution is 8.01. The van der Waals surface area contributed by atoms with Crippen molar-refractivity contribution in [1.29, 1.82) is 0 Å². The molecule has 1 heterocycles. The largest absolute Gasteiger partial charge is 0.481 e. The summed E-state index contributed by atoms with van der Waals surface area (Å²) in [6, 6.07) is 7.19. The monoisotopic (exact) mass is 301 g/mol. The fourth-order valence-corrected chi connectivity index (χ4v) is 2.72. The van der Waals surface area contributed by atoms with Crippen LogP contribution in [-0.2, 0) is 4.79 Å². The first kappa shape index (κ1) is 13.1. The number of halogens is 1. The highest BCUT2D eigenvalue weighted by atomic mass is 35.5. The third-order valence-electron chi connectivity index (χ3n) is 1.82. The van der Waals surface area contributed by atoms with E-state index in [1.165, 1.54) is 11.3 Å². The fraction of sp³-hybridized carbons (Fsp3) is 0.100. The van der Waals surface area contributed by atoms with Gasteiger partial charge in [0.15, 0.2) is 4.34 Å². The maximum absolute atomic E-state index is 10.4. The highest BCUT2D eigenvalue weighted by Crippen LogP contribution is 2.27. The molecule has 1 aromatic heterocycles. The molecule has 5 nitrogen and oxygen atoms in total. The van der Waals surface area contributed by atoms with Crippen LogP contribution >= 0.6 is 34.7 Å².